The third kappa shape index (κ3) is 4.23. The van der Waals surface area contributed by atoms with Crippen LogP contribution in [0.15, 0.2) is 28.7 Å². The Balaban J connectivity index is 2.82. The Morgan fingerprint density at radius 1 is 1.33 bits per heavy atom. The molecule has 1 rings (SSSR count). The molecule has 0 spiro atoms. The number of hydrogen-bond donors (Lipinski definition) is 1. The van der Waals surface area contributed by atoms with Gasteiger partial charge in [0.05, 0.1) is 0 Å². The second-order valence-electron chi connectivity index (χ2n) is 4.63. The normalized spacial score (nSPS) is 12.7. The van der Waals surface area contributed by atoms with E-state index in [9.17, 15) is 18.4 Å². The number of benzene rings is 1. The molecule has 1 unspecified atom stereocenters. The number of amides is 2. The number of alkyl halides is 2. The maximum atomic E-state index is 14.0. The third-order valence-electron chi connectivity index (χ3n) is 3.06. The molecular formula is C14H17BrF2N2O2. The standard InChI is InChI=1S/C14H17BrF2N2O2/c1-4-19(3)12(20)9(2)18-13(21)14(16,17)10-5-7-11(15)8-6-10/h5-9H,4H2,1-3H3,(H,18,21). The van der Waals surface area contributed by atoms with Gasteiger partial charge in [-0.25, -0.2) is 0 Å². The summed E-state index contributed by atoms with van der Waals surface area (Å²) in [6.07, 6.45) is 0. The van der Waals surface area contributed by atoms with Crippen molar-refractivity contribution in [2.45, 2.75) is 25.8 Å². The molecule has 0 saturated carbocycles. The van der Waals surface area contributed by atoms with Crippen LogP contribution in [0.1, 0.15) is 19.4 Å². The number of hydrogen-bond acceptors (Lipinski definition) is 2. The van der Waals surface area contributed by atoms with E-state index in [1.165, 1.54) is 31.0 Å². The molecule has 0 saturated heterocycles. The molecule has 2 amide bonds. The fourth-order valence-corrected chi connectivity index (χ4v) is 1.89. The van der Waals surface area contributed by atoms with E-state index in [4.69, 9.17) is 0 Å². The molecule has 1 aromatic rings. The second kappa shape index (κ2) is 6.98. The molecule has 4 nitrogen and oxygen atoms in total. The summed E-state index contributed by atoms with van der Waals surface area (Å²) in [6.45, 7) is 3.56. The Morgan fingerprint density at radius 2 is 1.86 bits per heavy atom. The van der Waals surface area contributed by atoms with Crippen LogP contribution in [-0.2, 0) is 15.5 Å². The van der Waals surface area contributed by atoms with E-state index in [-0.39, 0.29) is 0 Å². The number of rotatable bonds is 5. The number of nitrogens with one attached hydrogen (secondary N) is 1. The van der Waals surface area contributed by atoms with Crippen LogP contribution in [0.3, 0.4) is 0 Å². The lowest BCUT2D eigenvalue weighted by atomic mass is 10.1. The monoisotopic (exact) mass is 362 g/mol. The van der Waals surface area contributed by atoms with Crippen LogP contribution < -0.4 is 5.32 Å². The topological polar surface area (TPSA) is 49.4 Å². The summed E-state index contributed by atoms with van der Waals surface area (Å²) in [7, 11) is 1.54. The van der Waals surface area contributed by atoms with Gasteiger partial charge < -0.3 is 10.2 Å². The summed E-state index contributed by atoms with van der Waals surface area (Å²) in [6, 6.07) is 4.16. The van der Waals surface area contributed by atoms with Crippen molar-refractivity contribution >= 4 is 27.7 Å². The molecule has 1 N–H and O–H groups in total. The molecule has 0 fully saturated rings. The summed E-state index contributed by atoms with van der Waals surface area (Å²) in [5.41, 5.74) is -0.424. The van der Waals surface area contributed by atoms with E-state index in [1.54, 1.807) is 6.92 Å². The number of carbonyl (C=O) groups is 2. The van der Waals surface area contributed by atoms with Gasteiger partial charge >= 0.3 is 5.92 Å². The minimum Gasteiger partial charge on any atom is -0.344 e. The Labute approximate surface area is 130 Å². The molecule has 0 aliphatic carbocycles. The summed E-state index contributed by atoms with van der Waals surface area (Å²) in [5, 5.41) is 2.06. The maximum Gasteiger partial charge on any atom is 0.349 e. The molecule has 21 heavy (non-hydrogen) atoms. The van der Waals surface area contributed by atoms with Crippen LogP contribution in [0.25, 0.3) is 0 Å². The van der Waals surface area contributed by atoms with Gasteiger partial charge in [0, 0.05) is 23.6 Å². The lowest BCUT2D eigenvalue weighted by Crippen LogP contribution is -2.49. The van der Waals surface area contributed by atoms with Crippen molar-refractivity contribution in [3.05, 3.63) is 34.3 Å². The zero-order chi connectivity index (χ0) is 16.2. The number of likely N-dealkylation sites (N-methyl/N-ethyl adjacent to an activating group) is 1. The van der Waals surface area contributed by atoms with Gasteiger partial charge in [0.2, 0.25) is 5.91 Å². The number of nitrogens with zero attached hydrogens (tertiary/aromatic N) is 1. The first-order valence-corrected chi connectivity index (χ1v) is 7.19. The van der Waals surface area contributed by atoms with Crippen LogP contribution in [0.5, 0.6) is 0 Å². The minimum atomic E-state index is -3.69. The summed E-state index contributed by atoms with van der Waals surface area (Å²) in [4.78, 5) is 24.9. The maximum absolute atomic E-state index is 14.0. The molecule has 0 aliphatic rings. The molecule has 1 atom stereocenters. The Bertz CT molecular complexity index is 520. The van der Waals surface area contributed by atoms with Crippen molar-refractivity contribution in [2.75, 3.05) is 13.6 Å². The quantitative estimate of drug-likeness (QED) is 0.874. The fourth-order valence-electron chi connectivity index (χ4n) is 1.63. The lowest BCUT2D eigenvalue weighted by Gasteiger charge is -2.23. The molecule has 1 aromatic carbocycles. The predicted octanol–water partition coefficient (Wildman–Crippen LogP) is 2.52. The molecule has 7 heteroatoms. The second-order valence-corrected chi connectivity index (χ2v) is 5.54. The molecule has 0 radical (unpaired) electrons. The minimum absolute atomic E-state index is 0.419. The average Bonchev–Trinajstić information content (AvgIpc) is 2.45. The van der Waals surface area contributed by atoms with Crippen LogP contribution in [0.4, 0.5) is 8.78 Å². The van der Waals surface area contributed by atoms with Crippen molar-refractivity contribution in [2.24, 2.45) is 0 Å². The first kappa shape index (κ1) is 17.6. The van der Waals surface area contributed by atoms with Crippen LogP contribution in [0.2, 0.25) is 0 Å². The first-order valence-electron chi connectivity index (χ1n) is 6.40. The predicted molar refractivity (Wildman–Crippen MR) is 79.0 cm³/mol. The highest BCUT2D eigenvalue weighted by molar-refractivity contribution is 9.10. The third-order valence-corrected chi connectivity index (χ3v) is 3.59. The smallest absolute Gasteiger partial charge is 0.344 e. The van der Waals surface area contributed by atoms with Crippen LogP contribution in [0, 0.1) is 0 Å². The van der Waals surface area contributed by atoms with Crippen molar-refractivity contribution in [3.63, 3.8) is 0 Å². The molecule has 0 bridgehead atoms. The number of halogens is 3. The van der Waals surface area contributed by atoms with Gasteiger partial charge in [-0.05, 0) is 26.0 Å². The Hall–Kier alpha value is -1.50. The number of carbonyl (C=O) groups excluding carboxylic acids is 2. The molecular weight excluding hydrogens is 346 g/mol. The van der Waals surface area contributed by atoms with Gasteiger partial charge in [0.1, 0.15) is 6.04 Å². The van der Waals surface area contributed by atoms with Crippen molar-refractivity contribution < 1.29 is 18.4 Å². The van der Waals surface area contributed by atoms with Gasteiger partial charge in [-0.3, -0.25) is 9.59 Å². The van der Waals surface area contributed by atoms with Crippen molar-refractivity contribution in [3.8, 4) is 0 Å². The highest BCUT2D eigenvalue weighted by atomic mass is 79.9. The van der Waals surface area contributed by atoms with Crippen LogP contribution in [-0.4, -0.2) is 36.3 Å². The fraction of sp³-hybridized carbons (Fsp3) is 0.429. The van der Waals surface area contributed by atoms with Crippen molar-refractivity contribution in [1.29, 1.82) is 0 Å². The first-order chi connectivity index (χ1) is 9.70. The van der Waals surface area contributed by atoms with E-state index < -0.39 is 29.3 Å². The summed E-state index contributed by atoms with van der Waals surface area (Å²) >= 11 is 3.14. The van der Waals surface area contributed by atoms with E-state index >= 15 is 0 Å². The molecule has 116 valence electrons. The largest absolute Gasteiger partial charge is 0.349 e. The van der Waals surface area contributed by atoms with E-state index in [0.717, 1.165) is 12.1 Å². The highest BCUT2D eigenvalue weighted by Crippen LogP contribution is 2.29. The van der Waals surface area contributed by atoms with E-state index in [2.05, 4.69) is 21.2 Å². The van der Waals surface area contributed by atoms with E-state index in [1.807, 2.05) is 0 Å². The van der Waals surface area contributed by atoms with Gasteiger partial charge in [-0.1, -0.05) is 28.1 Å². The average molecular weight is 363 g/mol. The van der Waals surface area contributed by atoms with Gasteiger partial charge in [0.25, 0.3) is 5.91 Å². The van der Waals surface area contributed by atoms with Gasteiger partial charge in [0.15, 0.2) is 0 Å². The summed E-state index contributed by atoms with van der Waals surface area (Å²) < 4.78 is 28.7. The van der Waals surface area contributed by atoms with Gasteiger partial charge in [-0.15, -0.1) is 0 Å². The van der Waals surface area contributed by atoms with Crippen molar-refractivity contribution in [1.82, 2.24) is 10.2 Å². The zero-order valence-electron chi connectivity index (χ0n) is 12.0. The van der Waals surface area contributed by atoms with Crippen LogP contribution >= 0.6 is 15.9 Å². The molecule has 0 aromatic heterocycles. The van der Waals surface area contributed by atoms with Gasteiger partial charge in [-0.2, -0.15) is 8.78 Å². The zero-order valence-corrected chi connectivity index (χ0v) is 13.6. The Kier molecular flexibility index (Phi) is 5.83. The SMILES string of the molecule is CCN(C)C(=O)C(C)NC(=O)C(F)(F)c1ccc(Br)cc1. The molecule has 0 heterocycles. The highest BCUT2D eigenvalue weighted by Gasteiger charge is 2.42. The lowest BCUT2D eigenvalue weighted by molar-refractivity contribution is -0.150. The van der Waals surface area contributed by atoms with E-state index in [0.29, 0.717) is 11.0 Å². The Morgan fingerprint density at radius 3 is 2.33 bits per heavy atom. The summed E-state index contributed by atoms with van der Waals surface area (Å²) in [5.74, 6) is -5.60. The molecule has 0 aliphatic heterocycles.